The van der Waals surface area contributed by atoms with Crippen LogP contribution in [0, 0.1) is 0 Å². The molecule has 3 unspecified atom stereocenters. The first-order chi connectivity index (χ1) is 9.29. The third kappa shape index (κ3) is 2.53. The van der Waals surface area contributed by atoms with E-state index in [1.165, 1.54) is 31.5 Å². The Morgan fingerprint density at radius 2 is 2.37 bits per heavy atom. The van der Waals surface area contributed by atoms with Gasteiger partial charge in [0.1, 0.15) is 0 Å². The Hall–Kier alpha value is -0.970. The quantitative estimate of drug-likeness (QED) is 0.888. The highest BCUT2D eigenvalue weighted by Gasteiger charge is 2.37. The van der Waals surface area contributed by atoms with Crippen LogP contribution in [-0.4, -0.2) is 53.0 Å². The Bertz CT molecular complexity index is 408. The van der Waals surface area contributed by atoms with Crippen molar-refractivity contribution in [2.24, 2.45) is 5.73 Å². The van der Waals surface area contributed by atoms with E-state index in [1.807, 2.05) is 18.5 Å². The minimum Gasteiger partial charge on any atom is -0.329 e. The molecule has 2 aliphatic rings. The second kappa shape index (κ2) is 5.57. The maximum absolute atomic E-state index is 6.05. The Balaban J connectivity index is 1.79. The number of aromatic nitrogens is 1. The molecule has 4 nitrogen and oxygen atoms in total. The molecule has 0 aliphatic carbocycles. The summed E-state index contributed by atoms with van der Waals surface area (Å²) in [5.74, 6) is 0. The molecule has 0 saturated carbocycles. The van der Waals surface area contributed by atoms with E-state index in [1.54, 1.807) is 0 Å². The molecule has 1 aromatic rings. The highest BCUT2D eigenvalue weighted by atomic mass is 15.3. The fourth-order valence-corrected chi connectivity index (χ4v) is 3.68. The fraction of sp³-hybridized carbons (Fsp3) is 0.667. The molecule has 0 amide bonds. The van der Waals surface area contributed by atoms with Gasteiger partial charge in [-0.05, 0) is 37.9 Å². The lowest BCUT2D eigenvalue weighted by atomic mass is 10.0. The van der Waals surface area contributed by atoms with Crippen molar-refractivity contribution in [3.05, 3.63) is 30.1 Å². The molecular formula is C15H24N4. The van der Waals surface area contributed by atoms with Crippen LogP contribution in [-0.2, 0) is 0 Å². The van der Waals surface area contributed by atoms with E-state index in [0.717, 1.165) is 12.6 Å². The van der Waals surface area contributed by atoms with E-state index in [2.05, 4.69) is 27.8 Å². The predicted octanol–water partition coefficient (Wildman–Crippen LogP) is 1.25. The average Bonchev–Trinajstić information content (AvgIpc) is 2.88. The molecule has 2 N–H and O–H groups in total. The second-order valence-electron chi connectivity index (χ2n) is 5.87. The number of hydrogen-bond acceptors (Lipinski definition) is 4. The molecule has 3 rings (SSSR count). The summed E-state index contributed by atoms with van der Waals surface area (Å²) in [6, 6.07) is 5.78. The van der Waals surface area contributed by atoms with E-state index in [0.29, 0.717) is 18.6 Å². The molecular weight excluding hydrogens is 236 g/mol. The van der Waals surface area contributed by atoms with Crippen LogP contribution >= 0.6 is 0 Å². The summed E-state index contributed by atoms with van der Waals surface area (Å²) in [4.78, 5) is 9.48. The van der Waals surface area contributed by atoms with Crippen LogP contribution < -0.4 is 5.73 Å². The summed E-state index contributed by atoms with van der Waals surface area (Å²) in [5, 5.41) is 0. The van der Waals surface area contributed by atoms with Gasteiger partial charge in [-0.25, -0.2) is 0 Å². The number of fused-ring (bicyclic) bond motifs is 1. The van der Waals surface area contributed by atoms with Crippen LogP contribution in [0.5, 0.6) is 0 Å². The van der Waals surface area contributed by atoms with Crippen molar-refractivity contribution < 1.29 is 0 Å². The zero-order valence-electron chi connectivity index (χ0n) is 11.7. The first-order valence-corrected chi connectivity index (χ1v) is 7.39. The summed E-state index contributed by atoms with van der Waals surface area (Å²) in [7, 11) is 0. The number of piperazine rings is 1. The van der Waals surface area contributed by atoms with Crippen LogP contribution in [0.3, 0.4) is 0 Å². The first-order valence-electron chi connectivity index (χ1n) is 7.39. The SMILES string of the molecule is CC1CN2CCCC2CN1C(CN)c1cccnc1. The van der Waals surface area contributed by atoms with Crippen LogP contribution in [0.1, 0.15) is 31.4 Å². The molecule has 0 spiro atoms. The third-order valence-corrected chi connectivity index (χ3v) is 4.68. The van der Waals surface area contributed by atoms with Gasteiger partial charge in [0, 0.05) is 50.2 Å². The minimum absolute atomic E-state index is 0.312. The van der Waals surface area contributed by atoms with Gasteiger partial charge >= 0.3 is 0 Å². The van der Waals surface area contributed by atoms with Gasteiger partial charge in [-0.3, -0.25) is 14.8 Å². The van der Waals surface area contributed by atoms with Gasteiger partial charge in [0.05, 0.1) is 0 Å². The van der Waals surface area contributed by atoms with Gasteiger partial charge < -0.3 is 5.73 Å². The maximum atomic E-state index is 6.05. The Morgan fingerprint density at radius 1 is 1.47 bits per heavy atom. The molecule has 3 heterocycles. The molecule has 3 atom stereocenters. The molecule has 0 aromatic carbocycles. The number of nitrogens with two attached hydrogens (primary N) is 1. The van der Waals surface area contributed by atoms with Gasteiger partial charge in [-0.2, -0.15) is 0 Å². The van der Waals surface area contributed by atoms with Crippen molar-refractivity contribution in [2.75, 3.05) is 26.2 Å². The number of hydrogen-bond donors (Lipinski definition) is 1. The van der Waals surface area contributed by atoms with Gasteiger partial charge in [0.15, 0.2) is 0 Å². The van der Waals surface area contributed by atoms with Crippen LogP contribution in [0.4, 0.5) is 0 Å². The second-order valence-corrected chi connectivity index (χ2v) is 5.87. The zero-order chi connectivity index (χ0) is 13.2. The largest absolute Gasteiger partial charge is 0.329 e. The van der Waals surface area contributed by atoms with E-state index in [4.69, 9.17) is 5.73 Å². The molecule has 2 saturated heterocycles. The number of pyridine rings is 1. The lowest BCUT2D eigenvalue weighted by molar-refractivity contribution is 0.0295. The molecule has 104 valence electrons. The topological polar surface area (TPSA) is 45.4 Å². The molecule has 1 aromatic heterocycles. The lowest BCUT2D eigenvalue weighted by Crippen LogP contribution is -2.56. The highest BCUT2D eigenvalue weighted by Crippen LogP contribution is 2.30. The number of rotatable bonds is 3. The van der Waals surface area contributed by atoms with Crippen LogP contribution in [0.15, 0.2) is 24.5 Å². The average molecular weight is 260 g/mol. The summed E-state index contributed by atoms with van der Waals surface area (Å²) >= 11 is 0. The summed E-state index contributed by atoms with van der Waals surface area (Å²) in [6.07, 6.45) is 6.49. The fourth-order valence-electron chi connectivity index (χ4n) is 3.68. The van der Waals surface area contributed by atoms with E-state index in [9.17, 15) is 0 Å². The molecule has 0 radical (unpaired) electrons. The first kappa shape index (κ1) is 13.0. The van der Waals surface area contributed by atoms with Gasteiger partial charge in [-0.1, -0.05) is 6.07 Å². The van der Waals surface area contributed by atoms with Crippen molar-refractivity contribution in [1.82, 2.24) is 14.8 Å². The zero-order valence-corrected chi connectivity index (χ0v) is 11.7. The summed E-state index contributed by atoms with van der Waals surface area (Å²) < 4.78 is 0. The lowest BCUT2D eigenvalue weighted by Gasteiger charge is -2.45. The van der Waals surface area contributed by atoms with Crippen molar-refractivity contribution in [3.8, 4) is 0 Å². The van der Waals surface area contributed by atoms with Crippen LogP contribution in [0.2, 0.25) is 0 Å². The highest BCUT2D eigenvalue weighted by molar-refractivity contribution is 5.15. The Morgan fingerprint density at radius 3 is 3.11 bits per heavy atom. The van der Waals surface area contributed by atoms with Gasteiger partial charge in [0.2, 0.25) is 0 Å². The Labute approximate surface area is 115 Å². The van der Waals surface area contributed by atoms with E-state index >= 15 is 0 Å². The van der Waals surface area contributed by atoms with Gasteiger partial charge in [0.25, 0.3) is 0 Å². The molecule has 4 heteroatoms. The minimum atomic E-state index is 0.312. The molecule has 0 bridgehead atoms. The summed E-state index contributed by atoms with van der Waals surface area (Å²) in [6.45, 7) is 6.61. The van der Waals surface area contributed by atoms with Crippen molar-refractivity contribution in [2.45, 2.75) is 37.9 Å². The maximum Gasteiger partial charge on any atom is 0.0489 e. The van der Waals surface area contributed by atoms with Crippen molar-refractivity contribution >= 4 is 0 Å². The van der Waals surface area contributed by atoms with Gasteiger partial charge in [-0.15, -0.1) is 0 Å². The van der Waals surface area contributed by atoms with E-state index < -0.39 is 0 Å². The number of nitrogens with zero attached hydrogens (tertiary/aromatic N) is 3. The monoisotopic (exact) mass is 260 g/mol. The smallest absolute Gasteiger partial charge is 0.0489 e. The molecule has 2 fully saturated rings. The van der Waals surface area contributed by atoms with E-state index in [-0.39, 0.29) is 0 Å². The predicted molar refractivity (Wildman–Crippen MR) is 76.8 cm³/mol. The summed E-state index contributed by atoms with van der Waals surface area (Å²) in [5.41, 5.74) is 7.31. The standard InChI is InChI=1S/C15H24N4/c1-12-10-18-7-3-5-14(18)11-19(12)15(8-16)13-4-2-6-17-9-13/h2,4,6,9,12,14-15H,3,5,7-8,10-11,16H2,1H3. The molecule has 2 aliphatic heterocycles. The Kier molecular flexibility index (Phi) is 3.82. The molecule has 19 heavy (non-hydrogen) atoms. The van der Waals surface area contributed by atoms with Crippen LogP contribution in [0.25, 0.3) is 0 Å². The van der Waals surface area contributed by atoms with Crippen molar-refractivity contribution in [1.29, 1.82) is 0 Å². The van der Waals surface area contributed by atoms with Crippen molar-refractivity contribution in [3.63, 3.8) is 0 Å². The normalized spacial score (nSPS) is 30.2. The third-order valence-electron chi connectivity index (χ3n) is 4.68.